The van der Waals surface area contributed by atoms with E-state index in [1.54, 1.807) is 18.2 Å². The Labute approximate surface area is 132 Å². The molecule has 0 spiro atoms. The zero-order valence-corrected chi connectivity index (χ0v) is 13.8. The Morgan fingerprint density at radius 3 is 2.29 bits per heavy atom. The van der Waals surface area contributed by atoms with E-state index in [0.29, 0.717) is 23.3 Å². The van der Waals surface area contributed by atoms with E-state index in [9.17, 15) is 8.42 Å². The third-order valence-electron chi connectivity index (χ3n) is 3.56. The van der Waals surface area contributed by atoms with Crippen LogP contribution in [-0.4, -0.2) is 19.8 Å². The summed E-state index contributed by atoms with van der Waals surface area (Å²) in [5.41, 5.74) is 2.10. The summed E-state index contributed by atoms with van der Waals surface area (Å²) in [6.45, 7) is 0.794. The van der Waals surface area contributed by atoms with Gasteiger partial charge in [0.25, 0.3) is 0 Å². The van der Waals surface area contributed by atoms with Gasteiger partial charge in [0.15, 0.2) is 0 Å². The first kappa shape index (κ1) is 14.6. The van der Waals surface area contributed by atoms with E-state index in [2.05, 4.69) is 15.9 Å². The van der Waals surface area contributed by atoms with E-state index < -0.39 is 10.0 Å². The van der Waals surface area contributed by atoms with Crippen molar-refractivity contribution in [2.24, 2.45) is 0 Å². The quantitative estimate of drug-likeness (QED) is 0.836. The van der Waals surface area contributed by atoms with Crippen molar-refractivity contribution in [1.82, 2.24) is 4.31 Å². The second-order valence-electron chi connectivity index (χ2n) is 4.84. The minimum atomic E-state index is -3.59. The number of nitrogens with zero attached hydrogens (tertiary/aromatic N) is 1. The fourth-order valence-electron chi connectivity index (χ4n) is 2.46. The number of halogens is 1. The number of rotatable bonds is 3. The molecule has 4 nitrogen and oxygen atoms in total. The van der Waals surface area contributed by atoms with Crippen molar-refractivity contribution >= 4 is 26.0 Å². The molecule has 1 heterocycles. The number of ether oxygens (including phenoxy) is 1. The van der Waals surface area contributed by atoms with E-state index in [0.717, 1.165) is 11.1 Å². The number of sulfonamides is 1. The molecule has 2 aromatic rings. The van der Waals surface area contributed by atoms with Crippen LogP contribution in [0.1, 0.15) is 11.1 Å². The van der Waals surface area contributed by atoms with Crippen LogP contribution in [0, 0.1) is 0 Å². The molecule has 21 heavy (non-hydrogen) atoms. The normalized spacial score (nSPS) is 15.0. The van der Waals surface area contributed by atoms with Gasteiger partial charge in [-0.1, -0.05) is 40.2 Å². The van der Waals surface area contributed by atoms with E-state index in [4.69, 9.17) is 4.74 Å². The van der Waals surface area contributed by atoms with Crippen molar-refractivity contribution < 1.29 is 13.2 Å². The molecule has 2 aromatic carbocycles. The van der Waals surface area contributed by atoms with Crippen LogP contribution in [0.4, 0.5) is 0 Å². The van der Waals surface area contributed by atoms with E-state index >= 15 is 0 Å². The second kappa shape index (κ2) is 5.44. The predicted octanol–water partition coefficient (Wildman–Crippen LogP) is 3.16. The summed E-state index contributed by atoms with van der Waals surface area (Å²) >= 11 is 3.32. The van der Waals surface area contributed by atoms with Gasteiger partial charge in [-0.25, -0.2) is 8.42 Å². The Morgan fingerprint density at radius 1 is 1.10 bits per heavy atom. The number of hydrogen-bond acceptors (Lipinski definition) is 3. The molecular weight excluding hydrogens is 354 g/mol. The Morgan fingerprint density at radius 2 is 1.71 bits per heavy atom. The topological polar surface area (TPSA) is 46.6 Å². The highest BCUT2D eigenvalue weighted by molar-refractivity contribution is 9.10. The van der Waals surface area contributed by atoms with Crippen LogP contribution in [0.2, 0.25) is 0 Å². The molecule has 0 N–H and O–H groups in total. The number of fused-ring (bicyclic) bond motifs is 1. The van der Waals surface area contributed by atoms with E-state index in [1.165, 1.54) is 11.4 Å². The van der Waals surface area contributed by atoms with Gasteiger partial charge in [0, 0.05) is 17.6 Å². The molecule has 0 atom stereocenters. The third-order valence-corrected chi connectivity index (χ3v) is 5.86. The Hall–Kier alpha value is -1.37. The summed E-state index contributed by atoms with van der Waals surface area (Å²) in [4.78, 5) is 0.187. The van der Waals surface area contributed by atoms with Gasteiger partial charge in [-0.3, -0.25) is 0 Å². The molecular formula is C15H14BrNO3S. The maximum absolute atomic E-state index is 12.9. The molecule has 6 heteroatoms. The van der Waals surface area contributed by atoms with Crippen molar-refractivity contribution in [3.8, 4) is 5.75 Å². The first-order chi connectivity index (χ1) is 10.0. The summed E-state index contributed by atoms with van der Waals surface area (Å²) < 4.78 is 33.1. The lowest BCUT2D eigenvalue weighted by Crippen LogP contribution is -2.26. The van der Waals surface area contributed by atoms with E-state index in [-0.39, 0.29) is 4.90 Å². The van der Waals surface area contributed by atoms with Crippen LogP contribution in [-0.2, 0) is 23.1 Å². The Kier molecular flexibility index (Phi) is 3.77. The van der Waals surface area contributed by atoms with Gasteiger partial charge >= 0.3 is 0 Å². The molecule has 0 aromatic heterocycles. The highest BCUT2D eigenvalue weighted by atomic mass is 79.9. The second-order valence-corrected chi connectivity index (χ2v) is 7.66. The van der Waals surface area contributed by atoms with Gasteiger partial charge in [0.05, 0.1) is 7.11 Å². The average molecular weight is 368 g/mol. The van der Waals surface area contributed by atoms with Gasteiger partial charge in [0.1, 0.15) is 10.6 Å². The van der Waals surface area contributed by atoms with Crippen LogP contribution in [0.15, 0.2) is 51.8 Å². The average Bonchev–Trinajstić information content (AvgIpc) is 2.92. The van der Waals surface area contributed by atoms with Gasteiger partial charge in [-0.2, -0.15) is 4.31 Å². The minimum Gasteiger partial charge on any atom is -0.495 e. The van der Waals surface area contributed by atoms with E-state index in [1.807, 2.05) is 24.3 Å². The lowest BCUT2D eigenvalue weighted by atomic mass is 10.1. The molecule has 0 aliphatic carbocycles. The van der Waals surface area contributed by atoms with Crippen molar-refractivity contribution in [1.29, 1.82) is 0 Å². The van der Waals surface area contributed by atoms with Crippen molar-refractivity contribution in [2.45, 2.75) is 18.0 Å². The number of benzene rings is 2. The molecule has 1 aliphatic rings. The van der Waals surface area contributed by atoms with Crippen LogP contribution in [0.3, 0.4) is 0 Å². The lowest BCUT2D eigenvalue weighted by Gasteiger charge is -2.18. The molecule has 0 bridgehead atoms. The standard InChI is InChI=1S/C15H14BrNO3S/c1-20-14-7-6-13(16)8-15(14)21(18,19)17-9-11-4-2-3-5-12(11)10-17/h2-8H,9-10H2,1H3. The fourth-order valence-corrected chi connectivity index (χ4v) is 4.55. The molecule has 0 radical (unpaired) electrons. The molecule has 1 aliphatic heterocycles. The molecule has 0 amide bonds. The van der Waals surface area contributed by atoms with Crippen molar-refractivity contribution in [2.75, 3.05) is 7.11 Å². The molecule has 0 fully saturated rings. The minimum absolute atomic E-state index is 0.187. The number of methoxy groups -OCH3 is 1. The summed E-state index contributed by atoms with van der Waals surface area (Å²) in [7, 11) is -2.12. The highest BCUT2D eigenvalue weighted by Crippen LogP contribution is 2.34. The monoisotopic (exact) mass is 367 g/mol. The van der Waals surface area contributed by atoms with Gasteiger partial charge < -0.3 is 4.74 Å². The zero-order chi connectivity index (χ0) is 15.0. The summed E-state index contributed by atoms with van der Waals surface area (Å²) in [5.74, 6) is 0.356. The largest absolute Gasteiger partial charge is 0.495 e. The SMILES string of the molecule is COc1ccc(Br)cc1S(=O)(=O)N1Cc2ccccc2C1. The molecule has 3 rings (SSSR count). The smallest absolute Gasteiger partial charge is 0.247 e. The summed E-state index contributed by atoms with van der Waals surface area (Å²) in [6.07, 6.45) is 0. The number of hydrogen-bond donors (Lipinski definition) is 0. The zero-order valence-electron chi connectivity index (χ0n) is 11.4. The first-order valence-electron chi connectivity index (χ1n) is 6.43. The van der Waals surface area contributed by atoms with Gasteiger partial charge in [-0.05, 0) is 29.3 Å². The predicted molar refractivity (Wildman–Crippen MR) is 83.6 cm³/mol. The van der Waals surface area contributed by atoms with Gasteiger partial charge in [-0.15, -0.1) is 0 Å². The maximum atomic E-state index is 12.9. The Balaban J connectivity index is 2.02. The highest BCUT2D eigenvalue weighted by Gasteiger charge is 2.32. The first-order valence-corrected chi connectivity index (χ1v) is 8.66. The third kappa shape index (κ3) is 2.59. The van der Waals surface area contributed by atoms with Crippen molar-refractivity contribution in [3.63, 3.8) is 0 Å². The van der Waals surface area contributed by atoms with Crippen molar-refractivity contribution in [3.05, 3.63) is 58.1 Å². The molecule has 110 valence electrons. The van der Waals surface area contributed by atoms with Crippen LogP contribution >= 0.6 is 15.9 Å². The fraction of sp³-hybridized carbons (Fsp3) is 0.200. The van der Waals surface area contributed by atoms with Crippen LogP contribution in [0.5, 0.6) is 5.75 Å². The lowest BCUT2D eigenvalue weighted by molar-refractivity contribution is 0.392. The summed E-state index contributed by atoms with van der Waals surface area (Å²) in [6, 6.07) is 12.8. The van der Waals surface area contributed by atoms with Gasteiger partial charge in [0.2, 0.25) is 10.0 Å². The van der Waals surface area contributed by atoms with Crippen LogP contribution < -0.4 is 4.74 Å². The van der Waals surface area contributed by atoms with Crippen LogP contribution in [0.25, 0.3) is 0 Å². The summed E-state index contributed by atoms with van der Waals surface area (Å²) in [5, 5.41) is 0. The maximum Gasteiger partial charge on any atom is 0.247 e. The molecule has 0 saturated carbocycles. The molecule has 0 saturated heterocycles. The Bertz CT molecular complexity index is 764. The molecule has 0 unspecified atom stereocenters.